The fraction of sp³-hybridized carbons (Fsp3) is 0.400. The third-order valence-electron chi connectivity index (χ3n) is 6.16. The summed E-state index contributed by atoms with van der Waals surface area (Å²) in [6.07, 6.45) is 10.4. The predicted octanol–water partition coefficient (Wildman–Crippen LogP) is 4.46. The van der Waals surface area contributed by atoms with Crippen molar-refractivity contribution in [3.8, 4) is 11.3 Å². The van der Waals surface area contributed by atoms with Gasteiger partial charge in [0.2, 0.25) is 5.91 Å². The Morgan fingerprint density at radius 3 is 2.62 bits per heavy atom. The molecule has 32 heavy (non-hydrogen) atoms. The average Bonchev–Trinajstić information content (AvgIpc) is 3.57. The number of alkyl carbamates (subject to hydrolysis) is 1. The van der Waals surface area contributed by atoms with Gasteiger partial charge in [-0.25, -0.2) is 9.78 Å². The second-order valence-electron chi connectivity index (χ2n) is 8.62. The zero-order valence-corrected chi connectivity index (χ0v) is 18.8. The second-order valence-corrected chi connectivity index (χ2v) is 8.62. The van der Waals surface area contributed by atoms with Gasteiger partial charge in [-0.05, 0) is 36.3 Å². The first-order valence-electron chi connectivity index (χ1n) is 11.1. The smallest absolute Gasteiger partial charge is 0.407 e. The fourth-order valence-electron chi connectivity index (χ4n) is 4.36. The quantitative estimate of drug-likeness (QED) is 0.703. The van der Waals surface area contributed by atoms with Crippen molar-refractivity contribution in [1.82, 2.24) is 20.2 Å². The predicted molar refractivity (Wildman–Crippen MR) is 124 cm³/mol. The third kappa shape index (κ3) is 4.47. The van der Waals surface area contributed by atoms with Crippen LogP contribution in [0.25, 0.3) is 16.8 Å². The normalized spacial score (nSPS) is 18.7. The molecule has 1 aliphatic heterocycles. The summed E-state index contributed by atoms with van der Waals surface area (Å²) in [6.45, 7) is 4.47. The Balaban J connectivity index is 1.50. The zero-order valence-electron chi connectivity index (χ0n) is 18.8. The summed E-state index contributed by atoms with van der Waals surface area (Å²) in [5.41, 5.74) is 4.43. The number of benzene rings is 1. The van der Waals surface area contributed by atoms with E-state index in [1.165, 1.54) is 18.2 Å². The minimum Gasteiger partial charge on any atom is -0.453 e. The lowest BCUT2D eigenvalue weighted by atomic mass is 10.0. The van der Waals surface area contributed by atoms with Crippen LogP contribution in [0.1, 0.15) is 50.5 Å². The SMILES string of the molecule is COC(=O)N[C@H](C(=O)N1CCC[C@H]1c1nc(-c2ccc(C3=CC=CC3)cc2)c[nH]1)C(C)C. The lowest BCUT2D eigenvalue weighted by Gasteiger charge is -2.29. The molecule has 7 nitrogen and oxygen atoms in total. The fourth-order valence-corrected chi connectivity index (χ4v) is 4.36. The molecule has 0 bridgehead atoms. The van der Waals surface area contributed by atoms with E-state index in [0.29, 0.717) is 6.54 Å². The van der Waals surface area contributed by atoms with Crippen LogP contribution in [0.2, 0.25) is 0 Å². The second kappa shape index (κ2) is 9.42. The van der Waals surface area contributed by atoms with Crippen molar-refractivity contribution >= 4 is 17.6 Å². The number of imidazole rings is 1. The number of carbonyl (C=O) groups excluding carboxylic acids is 2. The number of H-pyrrole nitrogens is 1. The van der Waals surface area contributed by atoms with Crippen molar-refractivity contribution in [2.75, 3.05) is 13.7 Å². The molecule has 0 unspecified atom stereocenters. The number of allylic oxidation sites excluding steroid dienone is 4. The number of hydrogen-bond donors (Lipinski definition) is 2. The lowest BCUT2D eigenvalue weighted by molar-refractivity contribution is -0.135. The highest BCUT2D eigenvalue weighted by Crippen LogP contribution is 2.33. The summed E-state index contributed by atoms with van der Waals surface area (Å²) in [4.78, 5) is 34.9. The first-order chi connectivity index (χ1) is 15.5. The van der Waals surface area contributed by atoms with E-state index in [0.717, 1.165) is 36.3 Å². The number of nitrogens with one attached hydrogen (secondary N) is 2. The minimum atomic E-state index is -0.635. The van der Waals surface area contributed by atoms with Crippen LogP contribution in [0.5, 0.6) is 0 Å². The van der Waals surface area contributed by atoms with Crippen LogP contribution in [0, 0.1) is 5.92 Å². The molecule has 1 aromatic carbocycles. The van der Waals surface area contributed by atoms with Crippen LogP contribution < -0.4 is 5.32 Å². The highest BCUT2D eigenvalue weighted by Gasteiger charge is 2.37. The number of rotatable bonds is 6. The van der Waals surface area contributed by atoms with Crippen LogP contribution in [-0.2, 0) is 9.53 Å². The lowest BCUT2D eigenvalue weighted by Crippen LogP contribution is -2.51. The first kappa shape index (κ1) is 21.9. The van der Waals surface area contributed by atoms with E-state index >= 15 is 0 Å². The molecular weight excluding hydrogens is 404 g/mol. The van der Waals surface area contributed by atoms with Gasteiger partial charge in [-0.3, -0.25) is 4.79 Å². The standard InChI is InChI=1S/C25H30N4O3/c1-16(2)22(28-25(31)32-3)24(30)29-14-6-9-21(29)23-26-15-20(27-23)19-12-10-18(11-13-19)17-7-4-5-8-17/h4-5,7,10-13,15-16,21-22H,6,8-9,14H2,1-3H3,(H,26,27)(H,28,31)/t21-,22-/m0/s1. The van der Waals surface area contributed by atoms with Crippen molar-refractivity contribution in [1.29, 1.82) is 0 Å². The van der Waals surface area contributed by atoms with E-state index in [2.05, 4.69) is 52.8 Å². The maximum Gasteiger partial charge on any atom is 0.407 e. The van der Waals surface area contributed by atoms with Crippen LogP contribution in [0.15, 0.2) is 48.7 Å². The number of carbonyl (C=O) groups is 2. The number of aromatic amines is 1. The molecule has 7 heteroatoms. The summed E-state index contributed by atoms with van der Waals surface area (Å²) < 4.78 is 4.70. The van der Waals surface area contributed by atoms with Crippen LogP contribution in [-0.4, -0.2) is 46.6 Å². The maximum absolute atomic E-state index is 13.3. The molecule has 1 saturated heterocycles. The van der Waals surface area contributed by atoms with Crippen molar-refractivity contribution in [2.45, 2.75) is 45.2 Å². The Bertz CT molecular complexity index is 1040. The molecule has 0 saturated carbocycles. The average molecular weight is 435 g/mol. The van der Waals surface area contributed by atoms with Crippen molar-refractivity contribution in [3.05, 3.63) is 60.1 Å². The molecule has 168 valence electrons. The van der Waals surface area contributed by atoms with E-state index in [4.69, 9.17) is 9.72 Å². The molecule has 1 fully saturated rings. The Hall–Kier alpha value is -3.35. The van der Waals surface area contributed by atoms with Gasteiger partial charge in [0.15, 0.2) is 0 Å². The number of aromatic nitrogens is 2. The summed E-state index contributed by atoms with van der Waals surface area (Å²) >= 11 is 0. The molecule has 0 spiro atoms. The van der Waals surface area contributed by atoms with E-state index in [1.807, 2.05) is 24.9 Å². The van der Waals surface area contributed by atoms with E-state index in [9.17, 15) is 9.59 Å². The van der Waals surface area contributed by atoms with E-state index in [-0.39, 0.29) is 17.9 Å². The van der Waals surface area contributed by atoms with Crippen molar-refractivity contribution in [3.63, 3.8) is 0 Å². The summed E-state index contributed by atoms with van der Waals surface area (Å²) in [6, 6.07) is 7.65. The van der Waals surface area contributed by atoms with Gasteiger partial charge in [-0.2, -0.15) is 0 Å². The maximum atomic E-state index is 13.3. The molecule has 1 aromatic heterocycles. The van der Waals surface area contributed by atoms with Gasteiger partial charge in [0.1, 0.15) is 11.9 Å². The van der Waals surface area contributed by atoms with E-state index < -0.39 is 12.1 Å². The Morgan fingerprint density at radius 1 is 1.22 bits per heavy atom. The summed E-state index contributed by atoms with van der Waals surface area (Å²) in [7, 11) is 1.30. The third-order valence-corrected chi connectivity index (χ3v) is 6.16. The van der Waals surface area contributed by atoms with Crippen LogP contribution >= 0.6 is 0 Å². The highest BCUT2D eigenvalue weighted by atomic mass is 16.5. The van der Waals surface area contributed by atoms with Crippen molar-refractivity contribution in [2.24, 2.45) is 5.92 Å². The molecule has 4 rings (SSSR count). The molecule has 2 N–H and O–H groups in total. The number of amides is 2. The minimum absolute atomic E-state index is 0.0568. The van der Waals surface area contributed by atoms with Gasteiger partial charge in [0.25, 0.3) is 0 Å². The monoisotopic (exact) mass is 434 g/mol. The molecule has 0 radical (unpaired) electrons. The molecule has 2 atom stereocenters. The van der Waals surface area contributed by atoms with Gasteiger partial charge in [0.05, 0.1) is 18.8 Å². The van der Waals surface area contributed by atoms with Crippen LogP contribution in [0.4, 0.5) is 4.79 Å². The molecule has 2 aliphatic rings. The van der Waals surface area contributed by atoms with Gasteiger partial charge in [0, 0.05) is 18.3 Å². The summed E-state index contributed by atoms with van der Waals surface area (Å²) in [5.74, 6) is 0.616. The first-order valence-corrected chi connectivity index (χ1v) is 11.1. The molecule has 2 amide bonds. The zero-order chi connectivity index (χ0) is 22.7. The molecular formula is C25H30N4O3. The number of likely N-dealkylation sites (tertiary alicyclic amines) is 1. The molecule has 2 aromatic rings. The topological polar surface area (TPSA) is 87.3 Å². The van der Waals surface area contributed by atoms with Gasteiger partial charge >= 0.3 is 6.09 Å². The summed E-state index contributed by atoms with van der Waals surface area (Å²) in [5, 5.41) is 2.68. The molecule has 1 aliphatic carbocycles. The van der Waals surface area contributed by atoms with E-state index in [1.54, 1.807) is 0 Å². The van der Waals surface area contributed by atoms with Gasteiger partial charge < -0.3 is 19.9 Å². The highest BCUT2D eigenvalue weighted by molar-refractivity contribution is 5.86. The van der Waals surface area contributed by atoms with Crippen LogP contribution in [0.3, 0.4) is 0 Å². The Kier molecular flexibility index (Phi) is 6.44. The number of methoxy groups -OCH3 is 1. The van der Waals surface area contributed by atoms with Gasteiger partial charge in [-0.1, -0.05) is 56.3 Å². The van der Waals surface area contributed by atoms with Crippen molar-refractivity contribution < 1.29 is 14.3 Å². The van der Waals surface area contributed by atoms with Gasteiger partial charge in [-0.15, -0.1) is 0 Å². The molecule has 2 heterocycles. The number of nitrogens with zero attached hydrogens (tertiary/aromatic N) is 2. The largest absolute Gasteiger partial charge is 0.453 e. The Labute approximate surface area is 188 Å². The Morgan fingerprint density at radius 2 is 1.97 bits per heavy atom. The number of ether oxygens (including phenoxy) is 1. The number of hydrogen-bond acceptors (Lipinski definition) is 4.